The molecule has 0 fully saturated rings. The topological polar surface area (TPSA) is 101 Å². The molecule has 8 nitrogen and oxygen atoms in total. The Balaban J connectivity index is 1.39. The summed E-state index contributed by atoms with van der Waals surface area (Å²) in [4.78, 5) is 12.7. The third-order valence-electron chi connectivity index (χ3n) is 4.73. The van der Waals surface area contributed by atoms with Crippen LogP contribution in [0.1, 0.15) is 5.56 Å². The van der Waals surface area contributed by atoms with Gasteiger partial charge in [0, 0.05) is 0 Å². The number of nitrogens with zero attached hydrogens (tertiary/aromatic N) is 6. The van der Waals surface area contributed by atoms with Crippen LogP contribution in [0, 0.1) is 11.3 Å². The fourth-order valence-corrected chi connectivity index (χ4v) is 4.07. The second-order valence-corrected chi connectivity index (χ2v) is 7.61. The molecule has 3 heterocycles. The normalized spacial score (nSPS) is 10.9. The van der Waals surface area contributed by atoms with E-state index in [1.54, 1.807) is 4.68 Å². The minimum Gasteiger partial charge on any atom is -0.309 e. The first-order chi connectivity index (χ1) is 15.2. The minimum atomic E-state index is -0.267. The van der Waals surface area contributed by atoms with E-state index in [9.17, 15) is 10.1 Å². The average Bonchev–Trinajstić information content (AvgIpc) is 3.42. The highest BCUT2D eigenvalue weighted by molar-refractivity contribution is 7.99. The van der Waals surface area contributed by atoms with Crippen LogP contribution in [0.4, 0.5) is 5.82 Å². The third-order valence-corrected chi connectivity index (χ3v) is 5.66. The summed E-state index contributed by atoms with van der Waals surface area (Å²) >= 11 is 1.28. The van der Waals surface area contributed by atoms with E-state index in [4.69, 9.17) is 0 Å². The molecular formula is C22H15N7OS. The number of thioether (sulfide) groups is 1. The molecule has 0 saturated carbocycles. The molecule has 0 radical (unpaired) electrons. The van der Waals surface area contributed by atoms with Crippen molar-refractivity contribution in [3.05, 3.63) is 78.5 Å². The highest BCUT2D eigenvalue weighted by atomic mass is 32.2. The zero-order valence-electron chi connectivity index (χ0n) is 16.1. The number of anilines is 1. The van der Waals surface area contributed by atoms with Gasteiger partial charge in [-0.2, -0.15) is 10.4 Å². The summed E-state index contributed by atoms with van der Waals surface area (Å²) in [7, 11) is 0. The number of hydrogen-bond donors (Lipinski definition) is 1. The molecule has 0 aliphatic rings. The number of para-hydroxylation sites is 2. The van der Waals surface area contributed by atoms with Gasteiger partial charge in [0.05, 0.1) is 23.2 Å². The summed E-state index contributed by atoms with van der Waals surface area (Å²) in [6, 6.07) is 23.2. The molecule has 5 aromatic rings. The predicted octanol–water partition coefficient (Wildman–Crippen LogP) is 3.67. The first kappa shape index (κ1) is 18.8. The van der Waals surface area contributed by atoms with Crippen LogP contribution < -0.4 is 5.32 Å². The molecule has 0 bridgehead atoms. The Morgan fingerprint density at radius 2 is 1.84 bits per heavy atom. The highest BCUT2D eigenvalue weighted by Crippen LogP contribution is 2.24. The monoisotopic (exact) mass is 425 g/mol. The summed E-state index contributed by atoms with van der Waals surface area (Å²) < 4.78 is 3.48. The zero-order valence-corrected chi connectivity index (χ0v) is 17.0. The van der Waals surface area contributed by atoms with Crippen molar-refractivity contribution < 1.29 is 4.79 Å². The van der Waals surface area contributed by atoms with Crippen molar-refractivity contribution in [2.45, 2.75) is 5.16 Å². The molecule has 31 heavy (non-hydrogen) atoms. The molecular weight excluding hydrogens is 410 g/mol. The molecule has 1 N–H and O–H groups in total. The Labute approximate surface area is 181 Å². The first-order valence-electron chi connectivity index (χ1n) is 9.43. The van der Waals surface area contributed by atoms with Crippen molar-refractivity contribution in [3.8, 4) is 11.8 Å². The smallest absolute Gasteiger partial charge is 0.236 e. The quantitative estimate of drug-likeness (QED) is 0.431. The van der Waals surface area contributed by atoms with Crippen molar-refractivity contribution in [2.24, 2.45) is 0 Å². The van der Waals surface area contributed by atoms with E-state index in [-0.39, 0.29) is 11.7 Å². The van der Waals surface area contributed by atoms with Crippen LogP contribution in [0.3, 0.4) is 0 Å². The van der Waals surface area contributed by atoms with Crippen LogP contribution in [0.2, 0.25) is 0 Å². The SMILES string of the molecule is N#Cc1cnn(-c2ccccc2)c1NC(=O)CSc1nnc2ccc3ccccc3n12. The lowest BCUT2D eigenvalue weighted by Crippen LogP contribution is -2.18. The number of fused-ring (bicyclic) bond motifs is 3. The third kappa shape index (κ3) is 3.49. The van der Waals surface area contributed by atoms with E-state index < -0.39 is 0 Å². The van der Waals surface area contributed by atoms with Crippen LogP contribution in [0.25, 0.3) is 22.2 Å². The van der Waals surface area contributed by atoms with Crippen molar-refractivity contribution in [3.63, 3.8) is 0 Å². The second kappa shape index (κ2) is 7.93. The van der Waals surface area contributed by atoms with E-state index in [0.29, 0.717) is 16.5 Å². The maximum atomic E-state index is 12.7. The van der Waals surface area contributed by atoms with Gasteiger partial charge in [-0.3, -0.25) is 9.20 Å². The van der Waals surface area contributed by atoms with Crippen LogP contribution >= 0.6 is 11.8 Å². The van der Waals surface area contributed by atoms with Crippen molar-refractivity contribution in [2.75, 3.05) is 11.1 Å². The Morgan fingerprint density at radius 3 is 2.68 bits per heavy atom. The van der Waals surface area contributed by atoms with Gasteiger partial charge < -0.3 is 5.32 Å². The number of amides is 1. The summed E-state index contributed by atoms with van der Waals surface area (Å²) in [5, 5.41) is 26.6. The Bertz CT molecular complexity index is 1450. The summed E-state index contributed by atoms with van der Waals surface area (Å²) in [6.07, 6.45) is 1.44. The molecule has 0 spiro atoms. The Morgan fingerprint density at radius 1 is 1.03 bits per heavy atom. The number of hydrogen-bond acceptors (Lipinski definition) is 6. The number of carbonyl (C=O) groups excluding carboxylic acids is 1. The number of rotatable bonds is 5. The molecule has 0 atom stereocenters. The van der Waals surface area contributed by atoms with E-state index in [1.165, 1.54) is 18.0 Å². The van der Waals surface area contributed by atoms with Crippen molar-refractivity contribution in [1.29, 1.82) is 5.26 Å². The Hall–Kier alpha value is -4.16. The number of nitrogens with one attached hydrogen (secondary N) is 1. The van der Waals surface area contributed by atoms with Crippen molar-refractivity contribution in [1.82, 2.24) is 24.4 Å². The standard InChI is InChI=1S/C22H15N7OS/c23-12-16-13-24-29(17-7-2-1-3-8-17)21(16)25-20(30)14-31-22-27-26-19-11-10-15-6-4-5-9-18(15)28(19)22/h1-11,13H,14H2,(H,25,30). The first-order valence-corrected chi connectivity index (χ1v) is 10.4. The van der Waals surface area contributed by atoms with Crippen LogP contribution in [-0.4, -0.2) is 36.0 Å². The van der Waals surface area contributed by atoms with Gasteiger partial charge in [-0.05, 0) is 35.7 Å². The maximum Gasteiger partial charge on any atom is 0.236 e. The molecule has 9 heteroatoms. The van der Waals surface area contributed by atoms with Gasteiger partial charge in [0.25, 0.3) is 0 Å². The lowest BCUT2D eigenvalue weighted by atomic mass is 10.2. The van der Waals surface area contributed by atoms with Gasteiger partial charge in [-0.25, -0.2) is 4.68 Å². The molecule has 5 rings (SSSR count). The maximum absolute atomic E-state index is 12.7. The van der Waals surface area contributed by atoms with Crippen LogP contribution in [-0.2, 0) is 4.79 Å². The van der Waals surface area contributed by atoms with Gasteiger partial charge in [0.15, 0.2) is 16.6 Å². The number of benzene rings is 2. The average molecular weight is 425 g/mol. The van der Waals surface area contributed by atoms with Gasteiger partial charge >= 0.3 is 0 Å². The van der Waals surface area contributed by atoms with Crippen LogP contribution in [0.5, 0.6) is 0 Å². The molecule has 150 valence electrons. The van der Waals surface area contributed by atoms with E-state index >= 15 is 0 Å². The molecule has 0 aliphatic carbocycles. The fourth-order valence-electron chi connectivity index (χ4n) is 3.32. The molecule has 2 aromatic carbocycles. The summed E-state index contributed by atoms with van der Waals surface area (Å²) in [5.74, 6) is 0.182. The molecule has 0 saturated heterocycles. The van der Waals surface area contributed by atoms with Gasteiger partial charge in [0.1, 0.15) is 11.6 Å². The zero-order chi connectivity index (χ0) is 21.2. The highest BCUT2D eigenvalue weighted by Gasteiger charge is 2.17. The Kier molecular flexibility index (Phi) is 4.82. The van der Waals surface area contributed by atoms with E-state index in [2.05, 4.69) is 26.7 Å². The number of aromatic nitrogens is 5. The predicted molar refractivity (Wildman–Crippen MR) is 118 cm³/mol. The molecule has 1 amide bonds. The fraction of sp³-hybridized carbons (Fsp3) is 0.0455. The molecule has 0 aliphatic heterocycles. The largest absolute Gasteiger partial charge is 0.309 e. The summed E-state index contributed by atoms with van der Waals surface area (Å²) in [5.41, 5.74) is 2.74. The van der Waals surface area contributed by atoms with Gasteiger partial charge in [-0.1, -0.05) is 48.2 Å². The number of pyridine rings is 1. The van der Waals surface area contributed by atoms with E-state index in [0.717, 1.165) is 22.2 Å². The number of carbonyl (C=O) groups is 1. The number of nitriles is 1. The lowest BCUT2D eigenvalue weighted by molar-refractivity contribution is -0.113. The lowest BCUT2D eigenvalue weighted by Gasteiger charge is -2.09. The molecule has 3 aromatic heterocycles. The van der Waals surface area contributed by atoms with E-state index in [1.807, 2.05) is 71.1 Å². The molecule has 0 unspecified atom stereocenters. The van der Waals surface area contributed by atoms with Gasteiger partial charge in [-0.15, -0.1) is 10.2 Å². The summed E-state index contributed by atoms with van der Waals surface area (Å²) in [6.45, 7) is 0. The minimum absolute atomic E-state index is 0.106. The van der Waals surface area contributed by atoms with Crippen molar-refractivity contribution >= 4 is 40.0 Å². The van der Waals surface area contributed by atoms with Crippen LogP contribution in [0.15, 0.2) is 78.1 Å². The second-order valence-electron chi connectivity index (χ2n) is 6.67. The van der Waals surface area contributed by atoms with Gasteiger partial charge in [0.2, 0.25) is 5.91 Å².